The molecule has 1 unspecified atom stereocenters. The zero-order chi connectivity index (χ0) is 12.9. The summed E-state index contributed by atoms with van der Waals surface area (Å²) in [4.78, 5) is 2.35. The van der Waals surface area contributed by atoms with Crippen molar-refractivity contribution in [3.05, 3.63) is 0 Å². The van der Waals surface area contributed by atoms with E-state index in [0.717, 1.165) is 18.8 Å². The molecule has 0 spiro atoms. The molecule has 0 bridgehead atoms. The first-order chi connectivity index (χ1) is 8.06. The van der Waals surface area contributed by atoms with E-state index in [9.17, 15) is 0 Å². The van der Waals surface area contributed by atoms with Gasteiger partial charge in [-0.2, -0.15) is 0 Å². The van der Waals surface area contributed by atoms with E-state index in [2.05, 4.69) is 32.8 Å². The molecule has 1 aliphatic rings. The van der Waals surface area contributed by atoms with Crippen molar-refractivity contribution in [3.8, 4) is 0 Å². The van der Waals surface area contributed by atoms with Crippen LogP contribution in [0.4, 0.5) is 0 Å². The van der Waals surface area contributed by atoms with E-state index in [1.807, 2.05) is 0 Å². The molecule has 1 saturated carbocycles. The lowest BCUT2D eigenvalue weighted by molar-refractivity contribution is 0.0986. The Morgan fingerprint density at radius 1 is 1.18 bits per heavy atom. The number of hydrogen-bond donors (Lipinski definition) is 1. The van der Waals surface area contributed by atoms with Crippen molar-refractivity contribution < 1.29 is 0 Å². The third-order valence-electron chi connectivity index (χ3n) is 5.17. The monoisotopic (exact) mass is 240 g/mol. The van der Waals surface area contributed by atoms with Gasteiger partial charge in [-0.05, 0) is 45.7 Å². The molecular weight excluding hydrogens is 208 g/mol. The highest BCUT2D eigenvalue weighted by Crippen LogP contribution is 2.32. The van der Waals surface area contributed by atoms with Gasteiger partial charge in [-0.1, -0.05) is 39.5 Å². The minimum Gasteiger partial charge on any atom is -0.326 e. The Morgan fingerprint density at radius 3 is 2.12 bits per heavy atom. The molecular formula is C15H32N2. The summed E-state index contributed by atoms with van der Waals surface area (Å²) in [5, 5.41) is 0. The lowest BCUT2D eigenvalue weighted by Gasteiger charge is -2.44. The van der Waals surface area contributed by atoms with Crippen LogP contribution in [0.3, 0.4) is 0 Å². The lowest BCUT2D eigenvalue weighted by Crippen LogP contribution is -2.56. The highest BCUT2D eigenvalue weighted by molar-refractivity contribution is 4.95. The Hall–Kier alpha value is -0.0800. The molecule has 0 radical (unpaired) electrons. The topological polar surface area (TPSA) is 29.3 Å². The van der Waals surface area contributed by atoms with E-state index in [1.54, 1.807) is 0 Å². The Balaban J connectivity index is 2.49. The summed E-state index contributed by atoms with van der Waals surface area (Å²) in [6, 6.07) is 0.327. The number of likely N-dealkylation sites (N-methyl/N-ethyl adjacent to an activating group) is 1. The van der Waals surface area contributed by atoms with Crippen LogP contribution in [0.15, 0.2) is 0 Å². The molecule has 2 N–H and O–H groups in total. The zero-order valence-electron chi connectivity index (χ0n) is 12.3. The standard InChI is InChI=1S/C15H32N2/c1-5-15(6-2,17(3)4)14(16)12-11-13-9-7-8-10-13/h13-14H,5-12,16H2,1-4H3. The van der Waals surface area contributed by atoms with Gasteiger partial charge in [0.05, 0.1) is 0 Å². The fourth-order valence-corrected chi connectivity index (χ4v) is 3.72. The molecule has 1 aliphatic carbocycles. The van der Waals surface area contributed by atoms with Gasteiger partial charge in [-0.15, -0.1) is 0 Å². The molecule has 17 heavy (non-hydrogen) atoms. The Kier molecular flexibility index (Phi) is 5.94. The van der Waals surface area contributed by atoms with E-state index in [4.69, 9.17) is 5.73 Å². The van der Waals surface area contributed by atoms with Crippen LogP contribution in [0.25, 0.3) is 0 Å². The SMILES string of the molecule is CCC(CC)(C(N)CCC1CCCC1)N(C)C. The van der Waals surface area contributed by atoms with E-state index >= 15 is 0 Å². The first kappa shape index (κ1) is 15.0. The van der Waals surface area contributed by atoms with E-state index < -0.39 is 0 Å². The molecule has 0 heterocycles. The zero-order valence-corrected chi connectivity index (χ0v) is 12.3. The van der Waals surface area contributed by atoms with Crippen LogP contribution in [0.1, 0.15) is 65.2 Å². The molecule has 0 aromatic carbocycles. The van der Waals surface area contributed by atoms with Crippen LogP contribution in [0, 0.1) is 5.92 Å². The molecule has 0 aromatic heterocycles. The van der Waals surface area contributed by atoms with E-state index in [-0.39, 0.29) is 5.54 Å². The third-order valence-corrected chi connectivity index (χ3v) is 5.17. The average Bonchev–Trinajstić information content (AvgIpc) is 2.81. The van der Waals surface area contributed by atoms with Crippen molar-refractivity contribution in [1.82, 2.24) is 4.90 Å². The van der Waals surface area contributed by atoms with E-state index in [1.165, 1.54) is 38.5 Å². The summed E-state index contributed by atoms with van der Waals surface area (Å²) in [6.07, 6.45) is 10.6. The summed E-state index contributed by atoms with van der Waals surface area (Å²) in [7, 11) is 4.37. The normalized spacial score (nSPS) is 20.1. The summed E-state index contributed by atoms with van der Waals surface area (Å²) >= 11 is 0. The van der Waals surface area contributed by atoms with Crippen molar-refractivity contribution in [3.63, 3.8) is 0 Å². The second-order valence-electron chi connectivity index (χ2n) is 6.04. The maximum absolute atomic E-state index is 6.51. The fourth-order valence-electron chi connectivity index (χ4n) is 3.72. The largest absolute Gasteiger partial charge is 0.326 e. The van der Waals surface area contributed by atoms with Crippen molar-refractivity contribution in [2.45, 2.75) is 76.8 Å². The molecule has 2 heteroatoms. The van der Waals surface area contributed by atoms with Crippen LogP contribution in [0.5, 0.6) is 0 Å². The molecule has 0 amide bonds. The van der Waals surface area contributed by atoms with E-state index in [0.29, 0.717) is 6.04 Å². The maximum atomic E-state index is 6.51. The van der Waals surface area contributed by atoms with Gasteiger partial charge in [0, 0.05) is 11.6 Å². The van der Waals surface area contributed by atoms with Gasteiger partial charge in [0.2, 0.25) is 0 Å². The van der Waals surface area contributed by atoms with Gasteiger partial charge in [-0.25, -0.2) is 0 Å². The van der Waals surface area contributed by atoms with Gasteiger partial charge in [-0.3, -0.25) is 0 Å². The minimum absolute atomic E-state index is 0.207. The van der Waals surface area contributed by atoms with Crippen LogP contribution in [-0.4, -0.2) is 30.6 Å². The third kappa shape index (κ3) is 3.45. The average molecular weight is 240 g/mol. The summed E-state index contributed by atoms with van der Waals surface area (Å²) < 4.78 is 0. The fraction of sp³-hybridized carbons (Fsp3) is 1.00. The summed E-state index contributed by atoms with van der Waals surface area (Å²) in [5.41, 5.74) is 6.72. The van der Waals surface area contributed by atoms with Crippen molar-refractivity contribution in [2.24, 2.45) is 11.7 Å². The molecule has 0 aliphatic heterocycles. The van der Waals surface area contributed by atoms with Gasteiger partial charge in [0.25, 0.3) is 0 Å². The minimum atomic E-state index is 0.207. The molecule has 1 atom stereocenters. The molecule has 0 aromatic rings. The smallest absolute Gasteiger partial charge is 0.0349 e. The van der Waals surface area contributed by atoms with Gasteiger partial charge in [0.1, 0.15) is 0 Å². The quantitative estimate of drug-likeness (QED) is 0.739. The number of nitrogens with two attached hydrogens (primary N) is 1. The second kappa shape index (κ2) is 6.75. The van der Waals surface area contributed by atoms with Gasteiger partial charge < -0.3 is 10.6 Å². The van der Waals surface area contributed by atoms with Crippen molar-refractivity contribution in [1.29, 1.82) is 0 Å². The molecule has 2 nitrogen and oxygen atoms in total. The lowest BCUT2D eigenvalue weighted by atomic mass is 9.80. The molecule has 1 fully saturated rings. The predicted octanol–water partition coefficient (Wildman–Crippen LogP) is 3.40. The number of nitrogens with zero attached hydrogens (tertiary/aromatic N) is 1. The molecule has 1 rings (SSSR count). The Bertz CT molecular complexity index is 203. The highest BCUT2D eigenvalue weighted by atomic mass is 15.2. The number of hydrogen-bond acceptors (Lipinski definition) is 2. The Morgan fingerprint density at radius 2 is 1.71 bits per heavy atom. The second-order valence-corrected chi connectivity index (χ2v) is 6.04. The molecule has 102 valence electrons. The van der Waals surface area contributed by atoms with Crippen LogP contribution in [-0.2, 0) is 0 Å². The molecule has 0 saturated heterocycles. The van der Waals surface area contributed by atoms with Crippen LogP contribution >= 0.6 is 0 Å². The van der Waals surface area contributed by atoms with Gasteiger partial charge in [0.15, 0.2) is 0 Å². The summed E-state index contributed by atoms with van der Waals surface area (Å²) in [6.45, 7) is 4.55. The summed E-state index contributed by atoms with van der Waals surface area (Å²) in [5.74, 6) is 0.967. The van der Waals surface area contributed by atoms with Crippen molar-refractivity contribution in [2.75, 3.05) is 14.1 Å². The Labute approximate surface area is 108 Å². The first-order valence-electron chi connectivity index (χ1n) is 7.49. The highest BCUT2D eigenvalue weighted by Gasteiger charge is 2.35. The van der Waals surface area contributed by atoms with Crippen LogP contribution in [0.2, 0.25) is 0 Å². The predicted molar refractivity (Wildman–Crippen MR) is 76.2 cm³/mol. The van der Waals surface area contributed by atoms with Gasteiger partial charge >= 0.3 is 0 Å². The maximum Gasteiger partial charge on any atom is 0.0349 e. The van der Waals surface area contributed by atoms with Crippen LogP contribution < -0.4 is 5.73 Å². The van der Waals surface area contributed by atoms with Crippen molar-refractivity contribution >= 4 is 0 Å². The first-order valence-corrected chi connectivity index (χ1v) is 7.49. The number of rotatable bonds is 7.